The molecule has 196 valence electrons. The van der Waals surface area contributed by atoms with Gasteiger partial charge in [-0.1, -0.05) is 49.4 Å². The number of carbonyl (C=O) groups excluding carboxylic acids is 1. The summed E-state index contributed by atoms with van der Waals surface area (Å²) in [6, 6.07) is 18.1. The summed E-state index contributed by atoms with van der Waals surface area (Å²) in [5, 5.41) is 11.9. The quantitative estimate of drug-likeness (QED) is 0.510. The Balaban J connectivity index is 0.00000320. The molecule has 5 nitrogen and oxygen atoms in total. The van der Waals surface area contributed by atoms with Crippen molar-refractivity contribution in [3.8, 4) is 0 Å². The van der Waals surface area contributed by atoms with E-state index in [9.17, 15) is 18.7 Å². The zero-order valence-electron chi connectivity index (χ0n) is 20.9. The van der Waals surface area contributed by atoms with Gasteiger partial charge in [-0.05, 0) is 48.6 Å². The summed E-state index contributed by atoms with van der Waals surface area (Å²) >= 11 is 0. The number of pyridine rings is 1. The zero-order chi connectivity index (χ0) is 25.4. The van der Waals surface area contributed by atoms with E-state index in [0.29, 0.717) is 37.4 Å². The number of nitrogens with zero attached hydrogens (tertiary/aromatic N) is 3. The van der Waals surface area contributed by atoms with Crippen LogP contribution in [0, 0.1) is 23.5 Å². The Kier molecular flexibility index (Phi) is 7.85. The number of hydrogen-bond donors (Lipinski definition) is 1. The molecule has 2 fully saturated rings. The Morgan fingerprint density at radius 2 is 1.76 bits per heavy atom. The second-order valence-corrected chi connectivity index (χ2v) is 10.1. The first-order valence-corrected chi connectivity index (χ1v) is 12.5. The first-order valence-electron chi connectivity index (χ1n) is 12.5. The Morgan fingerprint density at radius 1 is 1.03 bits per heavy atom. The molecule has 1 N–H and O–H groups in total. The average Bonchev–Trinajstić information content (AvgIpc) is 3.33. The van der Waals surface area contributed by atoms with Gasteiger partial charge in [-0.15, -0.1) is 12.4 Å². The van der Waals surface area contributed by atoms with Crippen LogP contribution in [0.4, 0.5) is 14.6 Å². The maximum Gasteiger partial charge on any atom is 0.228 e. The van der Waals surface area contributed by atoms with E-state index in [0.717, 1.165) is 11.6 Å². The van der Waals surface area contributed by atoms with Crippen molar-refractivity contribution >= 4 is 24.1 Å². The van der Waals surface area contributed by atoms with Crippen LogP contribution >= 0.6 is 12.4 Å². The van der Waals surface area contributed by atoms with Crippen molar-refractivity contribution in [2.75, 3.05) is 24.5 Å². The highest BCUT2D eigenvalue weighted by atomic mass is 35.5. The number of amides is 1. The number of rotatable bonds is 4. The molecule has 1 aromatic heterocycles. The summed E-state index contributed by atoms with van der Waals surface area (Å²) in [6.07, 6.45) is 2.33. The molecule has 2 saturated heterocycles. The molecule has 5 rings (SSSR count). The third-order valence-electron chi connectivity index (χ3n) is 8.15. The van der Waals surface area contributed by atoms with Crippen LogP contribution in [0.25, 0.3) is 0 Å². The van der Waals surface area contributed by atoms with Crippen molar-refractivity contribution in [3.05, 3.63) is 95.7 Å². The maximum absolute atomic E-state index is 14.9. The van der Waals surface area contributed by atoms with E-state index >= 15 is 0 Å². The number of aliphatic hydroxyl groups is 1. The molecule has 0 spiro atoms. The normalized spacial score (nSPS) is 27.6. The first kappa shape index (κ1) is 27.0. The van der Waals surface area contributed by atoms with E-state index in [1.807, 2.05) is 67.3 Å². The molecule has 3 aromatic rings. The summed E-state index contributed by atoms with van der Waals surface area (Å²) in [6.45, 7) is 5.16. The largest absolute Gasteiger partial charge is 0.383 e. The summed E-state index contributed by atoms with van der Waals surface area (Å²) < 4.78 is 28.6. The Hall–Kier alpha value is -3.03. The van der Waals surface area contributed by atoms with Gasteiger partial charge in [0.05, 0.1) is 12.0 Å². The predicted octanol–water partition coefficient (Wildman–Crippen LogP) is 5.15. The van der Waals surface area contributed by atoms with Gasteiger partial charge in [-0.3, -0.25) is 4.79 Å². The number of carbonyl (C=O) groups is 1. The number of piperidine rings is 1. The van der Waals surface area contributed by atoms with Gasteiger partial charge in [0.1, 0.15) is 23.1 Å². The van der Waals surface area contributed by atoms with Crippen molar-refractivity contribution in [2.45, 2.75) is 37.8 Å². The van der Waals surface area contributed by atoms with Crippen LogP contribution in [0.3, 0.4) is 0 Å². The van der Waals surface area contributed by atoms with Gasteiger partial charge in [0.15, 0.2) is 0 Å². The highest BCUT2D eigenvalue weighted by molar-refractivity contribution is 5.85. The fourth-order valence-electron chi connectivity index (χ4n) is 6.04. The van der Waals surface area contributed by atoms with Crippen molar-refractivity contribution < 1.29 is 18.7 Å². The lowest BCUT2D eigenvalue weighted by molar-refractivity contribution is -0.159. The molecule has 5 atom stereocenters. The van der Waals surface area contributed by atoms with Gasteiger partial charge in [0, 0.05) is 37.8 Å². The minimum absolute atomic E-state index is 0. The topological polar surface area (TPSA) is 56.7 Å². The lowest BCUT2D eigenvalue weighted by Gasteiger charge is -2.50. The average molecular weight is 528 g/mol. The second-order valence-electron chi connectivity index (χ2n) is 10.1. The van der Waals surface area contributed by atoms with Gasteiger partial charge in [0.2, 0.25) is 5.91 Å². The summed E-state index contributed by atoms with van der Waals surface area (Å²) in [5.74, 6) is -1.80. The minimum Gasteiger partial charge on any atom is -0.383 e. The van der Waals surface area contributed by atoms with Crippen LogP contribution < -0.4 is 4.90 Å². The van der Waals surface area contributed by atoms with Gasteiger partial charge in [-0.25, -0.2) is 13.8 Å². The van der Waals surface area contributed by atoms with Gasteiger partial charge in [-0.2, -0.15) is 0 Å². The number of halogens is 3. The molecule has 2 aliphatic heterocycles. The summed E-state index contributed by atoms with van der Waals surface area (Å²) in [7, 11) is 0. The SMILES string of the molecule is C[C@@H]1N(C(=O)[C@@H]2CN(c3ccccn3)C[C@H]2c2ccc(F)cc2F)CC[C@H](C)[C@@]1(O)c1ccccc1.Cl. The number of likely N-dealkylation sites (tertiary alicyclic amines) is 1. The van der Waals surface area contributed by atoms with E-state index in [2.05, 4.69) is 4.98 Å². The highest BCUT2D eigenvalue weighted by Gasteiger charge is 2.51. The van der Waals surface area contributed by atoms with Crippen LogP contribution in [-0.4, -0.2) is 46.6 Å². The van der Waals surface area contributed by atoms with E-state index in [1.165, 1.54) is 12.1 Å². The molecule has 2 aliphatic rings. The number of aromatic nitrogens is 1. The van der Waals surface area contributed by atoms with Gasteiger partial charge >= 0.3 is 0 Å². The Morgan fingerprint density at radius 3 is 2.43 bits per heavy atom. The van der Waals surface area contributed by atoms with Crippen LogP contribution in [0.15, 0.2) is 72.9 Å². The molecular weight excluding hydrogens is 496 g/mol. The molecule has 0 unspecified atom stereocenters. The molecule has 2 aromatic carbocycles. The van der Waals surface area contributed by atoms with Crippen molar-refractivity contribution in [2.24, 2.45) is 11.8 Å². The second kappa shape index (κ2) is 10.8. The monoisotopic (exact) mass is 527 g/mol. The Bertz CT molecular complexity index is 1230. The van der Waals surface area contributed by atoms with Crippen LogP contribution in [0.2, 0.25) is 0 Å². The molecule has 0 radical (unpaired) electrons. The van der Waals surface area contributed by atoms with Crippen molar-refractivity contribution in [1.82, 2.24) is 9.88 Å². The molecule has 8 heteroatoms. The van der Waals surface area contributed by atoms with Crippen molar-refractivity contribution in [3.63, 3.8) is 0 Å². The van der Waals surface area contributed by atoms with Crippen LogP contribution in [0.1, 0.15) is 37.3 Å². The zero-order valence-corrected chi connectivity index (χ0v) is 21.7. The molecular formula is C29H32ClF2N3O2. The first-order chi connectivity index (χ1) is 17.3. The fourth-order valence-corrected chi connectivity index (χ4v) is 6.04. The fraction of sp³-hybridized carbons (Fsp3) is 0.379. The minimum atomic E-state index is -1.20. The molecule has 0 aliphatic carbocycles. The predicted molar refractivity (Wildman–Crippen MR) is 142 cm³/mol. The molecule has 0 saturated carbocycles. The van der Waals surface area contributed by atoms with Gasteiger partial charge < -0.3 is 14.9 Å². The highest BCUT2D eigenvalue weighted by Crippen LogP contribution is 2.44. The number of benzene rings is 2. The molecule has 0 bridgehead atoms. The standard InChI is InChI=1S/C29H31F2N3O2.ClH/c1-19-13-15-34(20(2)29(19,36)21-8-4-3-5-9-21)28(35)25-18-33(27-10-6-7-14-32-27)17-24(25)23-12-11-22(30)16-26(23)31;/h3-12,14,16,19-20,24-25,36H,13,15,17-18H2,1-2H3;1H/t19-,20-,24-,25+,29-;/m0./s1. The molecule has 3 heterocycles. The van der Waals surface area contributed by atoms with Crippen LogP contribution in [0.5, 0.6) is 0 Å². The summed E-state index contributed by atoms with van der Waals surface area (Å²) in [5.41, 5.74) is -0.0971. The number of hydrogen-bond acceptors (Lipinski definition) is 4. The van der Waals surface area contributed by atoms with E-state index in [1.54, 1.807) is 11.1 Å². The third kappa shape index (κ3) is 4.82. The van der Waals surface area contributed by atoms with E-state index < -0.39 is 35.1 Å². The van der Waals surface area contributed by atoms with E-state index in [4.69, 9.17) is 0 Å². The maximum atomic E-state index is 14.9. The van der Waals surface area contributed by atoms with Crippen LogP contribution in [-0.2, 0) is 10.4 Å². The third-order valence-corrected chi connectivity index (χ3v) is 8.15. The smallest absolute Gasteiger partial charge is 0.228 e. The van der Waals surface area contributed by atoms with E-state index in [-0.39, 0.29) is 24.2 Å². The Labute approximate surface area is 222 Å². The molecule has 37 heavy (non-hydrogen) atoms. The number of anilines is 1. The summed E-state index contributed by atoms with van der Waals surface area (Å²) in [4.78, 5) is 22.3. The molecule has 1 amide bonds. The lowest BCUT2D eigenvalue weighted by Crippen LogP contribution is -2.60. The van der Waals surface area contributed by atoms with Gasteiger partial charge in [0.25, 0.3) is 0 Å². The van der Waals surface area contributed by atoms with Crippen molar-refractivity contribution in [1.29, 1.82) is 0 Å². The lowest BCUT2D eigenvalue weighted by atomic mass is 9.72.